The molecule has 1 saturated heterocycles. The molecule has 1 aliphatic rings. The number of hydrogen-bond acceptors (Lipinski definition) is 3. The van der Waals surface area contributed by atoms with Gasteiger partial charge in [0.05, 0.1) is 5.69 Å². The quantitative estimate of drug-likeness (QED) is 0.302. The average molecular weight is 575 g/mol. The van der Waals surface area contributed by atoms with E-state index in [1.54, 1.807) is 36.4 Å². The second kappa shape index (κ2) is 9.40. The summed E-state index contributed by atoms with van der Waals surface area (Å²) in [6, 6.07) is 19.0. The molecule has 3 aromatic carbocycles. The molecule has 0 unspecified atom stereocenters. The van der Waals surface area contributed by atoms with Crippen molar-refractivity contribution >= 4 is 73.1 Å². The van der Waals surface area contributed by atoms with Crippen molar-refractivity contribution in [2.45, 2.75) is 6.42 Å². The fourth-order valence-electron chi connectivity index (χ4n) is 3.35. The van der Waals surface area contributed by atoms with Crippen molar-refractivity contribution < 1.29 is 14.4 Å². The number of imide groups is 2. The van der Waals surface area contributed by atoms with Crippen LogP contribution in [0.25, 0.3) is 6.08 Å². The summed E-state index contributed by atoms with van der Waals surface area (Å²) in [5.41, 5.74) is 2.75. The molecule has 1 heterocycles. The number of halogens is 3. The molecule has 5 nitrogen and oxygen atoms in total. The molecular weight excluding hydrogens is 560 g/mol. The van der Waals surface area contributed by atoms with Crippen LogP contribution in [0, 0.1) is 0 Å². The first kappa shape index (κ1) is 22.5. The summed E-state index contributed by atoms with van der Waals surface area (Å²) in [4.78, 5) is 39.1. The fourth-order valence-corrected chi connectivity index (χ4v) is 4.22. The number of hydrogen-bond donors (Lipinski definition) is 1. The summed E-state index contributed by atoms with van der Waals surface area (Å²) in [5, 5.41) is 2.71. The summed E-state index contributed by atoms with van der Waals surface area (Å²) in [6.45, 7) is 0. The van der Waals surface area contributed by atoms with Gasteiger partial charge < -0.3 is 0 Å². The van der Waals surface area contributed by atoms with Gasteiger partial charge in [-0.3, -0.25) is 14.9 Å². The molecule has 0 atom stereocenters. The highest BCUT2D eigenvalue weighted by Crippen LogP contribution is 2.27. The summed E-state index contributed by atoms with van der Waals surface area (Å²) in [7, 11) is 0. The Morgan fingerprint density at radius 3 is 2.34 bits per heavy atom. The van der Waals surface area contributed by atoms with Gasteiger partial charge in [0.2, 0.25) is 0 Å². The smallest absolute Gasteiger partial charge is 0.273 e. The Balaban J connectivity index is 1.75. The number of barbiturate groups is 1. The standard InChI is InChI=1S/C24H15Br2ClN2O3/c25-17-6-9-19(10-7-17)29-23(31)20(22(30)28-24(29)32)13-16-12-18(27)8-5-14(16)11-15-3-1-2-4-21(15)26/h1-10,12-13H,11H2,(H,28,30,32)/b20-13+. The van der Waals surface area contributed by atoms with Crippen LogP contribution < -0.4 is 10.2 Å². The number of carbonyl (C=O) groups is 3. The molecule has 0 aromatic heterocycles. The van der Waals surface area contributed by atoms with Crippen LogP contribution in [0.4, 0.5) is 10.5 Å². The van der Waals surface area contributed by atoms with Crippen LogP contribution in [0.2, 0.25) is 5.02 Å². The molecule has 8 heteroatoms. The van der Waals surface area contributed by atoms with Gasteiger partial charge in [-0.25, -0.2) is 9.69 Å². The third-order valence-electron chi connectivity index (χ3n) is 4.93. The van der Waals surface area contributed by atoms with Crippen molar-refractivity contribution in [1.29, 1.82) is 0 Å². The van der Waals surface area contributed by atoms with Gasteiger partial charge in [0.1, 0.15) is 5.57 Å². The minimum Gasteiger partial charge on any atom is -0.273 e. The maximum atomic E-state index is 13.2. The number of nitrogens with zero attached hydrogens (tertiary/aromatic N) is 1. The number of rotatable bonds is 4. The molecule has 32 heavy (non-hydrogen) atoms. The van der Waals surface area contributed by atoms with E-state index in [9.17, 15) is 14.4 Å². The van der Waals surface area contributed by atoms with E-state index in [0.717, 1.165) is 25.0 Å². The summed E-state index contributed by atoms with van der Waals surface area (Å²) in [5.74, 6) is -1.45. The topological polar surface area (TPSA) is 66.5 Å². The lowest BCUT2D eigenvalue weighted by Crippen LogP contribution is -2.54. The zero-order valence-corrected chi connectivity index (χ0v) is 20.4. The first-order valence-corrected chi connectivity index (χ1v) is 11.5. The Hall–Kier alpha value is -2.74. The van der Waals surface area contributed by atoms with Crippen molar-refractivity contribution in [3.8, 4) is 0 Å². The molecule has 160 valence electrons. The molecule has 1 aliphatic heterocycles. The van der Waals surface area contributed by atoms with Gasteiger partial charge in [0, 0.05) is 14.0 Å². The Kier molecular flexibility index (Phi) is 6.60. The van der Waals surface area contributed by atoms with Gasteiger partial charge >= 0.3 is 6.03 Å². The minimum atomic E-state index is -0.793. The van der Waals surface area contributed by atoms with Crippen LogP contribution in [-0.4, -0.2) is 17.8 Å². The van der Waals surface area contributed by atoms with E-state index in [-0.39, 0.29) is 5.57 Å². The third kappa shape index (κ3) is 4.70. The molecule has 0 aliphatic carbocycles. The lowest BCUT2D eigenvalue weighted by atomic mass is 9.97. The number of amides is 4. The third-order valence-corrected chi connectivity index (χ3v) is 6.47. The van der Waals surface area contributed by atoms with Gasteiger partial charge in [-0.15, -0.1) is 0 Å². The van der Waals surface area contributed by atoms with Crippen LogP contribution in [-0.2, 0) is 16.0 Å². The molecule has 4 rings (SSSR count). The highest BCUT2D eigenvalue weighted by molar-refractivity contribution is 9.10. The highest BCUT2D eigenvalue weighted by Gasteiger charge is 2.36. The molecule has 1 fully saturated rings. The van der Waals surface area contributed by atoms with Crippen molar-refractivity contribution in [2.75, 3.05) is 4.90 Å². The van der Waals surface area contributed by atoms with Gasteiger partial charge in [0.15, 0.2) is 0 Å². The molecule has 0 saturated carbocycles. The monoisotopic (exact) mass is 572 g/mol. The highest BCUT2D eigenvalue weighted by atomic mass is 79.9. The molecule has 3 aromatic rings. The number of anilines is 1. The molecule has 0 bridgehead atoms. The number of urea groups is 1. The van der Waals surface area contributed by atoms with Crippen LogP contribution in [0.3, 0.4) is 0 Å². The first-order valence-electron chi connectivity index (χ1n) is 9.52. The Bertz CT molecular complexity index is 1270. The first-order chi connectivity index (χ1) is 15.3. The molecule has 0 radical (unpaired) electrons. The predicted octanol–water partition coefficient (Wildman–Crippen LogP) is 6.12. The molecular formula is C24H15Br2ClN2O3. The number of benzene rings is 3. The van der Waals surface area contributed by atoms with Crippen molar-refractivity contribution in [1.82, 2.24) is 5.32 Å². The summed E-state index contributed by atoms with van der Waals surface area (Å²) >= 11 is 13.1. The Morgan fingerprint density at radius 1 is 0.906 bits per heavy atom. The second-order valence-corrected chi connectivity index (χ2v) is 9.25. The van der Waals surface area contributed by atoms with E-state index in [1.165, 1.54) is 6.08 Å². The second-order valence-electron chi connectivity index (χ2n) is 7.05. The van der Waals surface area contributed by atoms with Crippen LogP contribution in [0.5, 0.6) is 0 Å². The Morgan fingerprint density at radius 2 is 1.62 bits per heavy atom. The SMILES string of the molecule is O=C1NC(=O)N(c2ccc(Br)cc2)C(=O)/C1=C/c1cc(Cl)ccc1Cc1ccccc1Br. The van der Waals surface area contributed by atoms with Crippen LogP contribution in [0.1, 0.15) is 16.7 Å². The van der Waals surface area contributed by atoms with Gasteiger partial charge in [-0.05, 0) is 71.7 Å². The predicted molar refractivity (Wildman–Crippen MR) is 132 cm³/mol. The Labute approximate surface area is 206 Å². The van der Waals surface area contributed by atoms with Gasteiger partial charge in [-0.2, -0.15) is 0 Å². The van der Waals surface area contributed by atoms with Crippen molar-refractivity contribution in [3.05, 3.63) is 103 Å². The summed E-state index contributed by atoms with van der Waals surface area (Å²) < 4.78 is 1.75. The molecule has 4 amide bonds. The van der Waals surface area contributed by atoms with E-state index in [2.05, 4.69) is 37.2 Å². The average Bonchev–Trinajstić information content (AvgIpc) is 2.75. The molecule has 1 N–H and O–H groups in total. The van der Waals surface area contributed by atoms with E-state index < -0.39 is 17.8 Å². The van der Waals surface area contributed by atoms with Gasteiger partial charge in [-0.1, -0.05) is 67.7 Å². The zero-order valence-electron chi connectivity index (χ0n) is 16.4. The van der Waals surface area contributed by atoms with Crippen LogP contribution in [0.15, 0.2) is 81.2 Å². The minimum absolute atomic E-state index is 0.150. The van der Waals surface area contributed by atoms with E-state index in [4.69, 9.17) is 11.6 Å². The maximum Gasteiger partial charge on any atom is 0.335 e. The largest absolute Gasteiger partial charge is 0.335 e. The number of nitrogens with one attached hydrogen (secondary N) is 1. The van der Waals surface area contributed by atoms with Crippen molar-refractivity contribution in [3.63, 3.8) is 0 Å². The summed E-state index contributed by atoms with van der Waals surface area (Å²) in [6.07, 6.45) is 2.04. The molecule has 0 spiro atoms. The lowest BCUT2D eigenvalue weighted by Gasteiger charge is -2.26. The lowest BCUT2D eigenvalue weighted by molar-refractivity contribution is -0.122. The van der Waals surface area contributed by atoms with Crippen molar-refractivity contribution in [2.24, 2.45) is 0 Å². The maximum absolute atomic E-state index is 13.2. The zero-order chi connectivity index (χ0) is 22.8. The van der Waals surface area contributed by atoms with E-state index in [0.29, 0.717) is 22.7 Å². The number of carbonyl (C=O) groups excluding carboxylic acids is 3. The fraction of sp³-hybridized carbons (Fsp3) is 0.0417. The van der Waals surface area contributed by atoms with E-state index in [1.807, 2.05) is 30.3 Å². The van der Waals surface area contributed by atoms with Crippen LogP contribution >= 0.6 is 43.5 Å². The van der Waals surface area contributed by atoms with Gasteiger partial charge in [0.25, 0.3) is 11.8 Å². The van der Waals surface area contributed by atoms with E-state index >= 15 is 0 Å². The normalized spacial score (nSPS) is 15.3.